The molecular weight excluding hydrogens is 270 g/mol. The molecule has 0 bridgehead atoms. The van der Waals surface area contributed by atoms with Crippen LogP contribution in [0, 0.1) is 5.92 Å². The highest BCUT2D eigenvalue weighted by molar-refractivity contribution is 6.35. The van der Waals surface area contributed by atoms with E-state index in [0.717, 1.165) is 31.7 Å². The summed E-state index contributed by atoms with van der Waals surface area (Å²) in [5, 5.41) is 5.18. The quantitative estimate of drug-likeness (QED) is 0.759. The van der Waals surface area contributed by atoms with Crippen molar-refractivity contribution in [2.45, 2.75) is 19.8 Å². The number of nitrogens with one attached hydrogen (secondary N) is 2. The third-order valence-corrected chi connectivity index (χ3v) is 3.58. The first-order valence-electron chi connectivity index (χ1n) is 7.27. The van der Waals surface area contributed by atoms with Crippen molar-refractivity contribution in [2.75, 3.05) is 31.1 Å². The number of likely N-dealkylation sites (N-methyl/N-ethyl adjacent to an activating group) is 1. The fourth-order valence-electron chi connectivity index (χ4n) is 2.38. The molecule has 1 fully saturated rings. The number of nitrogens with zero attached hydrogens (tertiary/aromatic N) is 3. The highest BCUT2D eigenvalue weighted by Crippen LogP contribution is 2.20. The molecule has 21 heavy (non-hydrogen) atoms. The van der Waals surface area contributed by atoms with Crippen molar-refractivity contribution in [1.82, 2.24) is 20.6 Å². The molecule has 114 valence electrons. The van der Waals surface area contributed by atoms with Crippen LogP contribution in [0.1, 0.15) is 19.8 Å². The maximum atomic E-state index is 11.5. The summed E-state index contributed by atoms with van der Waals surface area (Å²) in [5.41, 5.74) is 0. The van der Waals surface area contributed by atoms with Crippen LogP contribution in [0.2, 0.25) is 0 Å². The van der Waals surface area contributed by atoms with Crippen molar-refractivity contribution in [3.63, 3.8) is 0 Å². The number of hydrogen-bond donors (Lipinski definition) is 2. The van der Waals surface area contributed by atoms with E-state index < -0.39 is 11.8 Å². The van der Waals surface area contributed by atoms with Gasteiger partial charge in [0.25, 0.3) is 0 Å². The van der Waals surface area contributed by atoms with Crippen LogP contribution < -0.4 is 15.5 Å². The van der Waals surface area contributed by atoms with E-state index in [1.807, 2.05) is 0 Å². The van der Waals surface area contributed by atoms with Crippen LogP contribution in [-0.4, -0.2) is 48.0 Å². The molecule has 2 N–H and O–H groups in total. The Bertz CT molecular complexity index is 472. The molecule has 2 rings (SSSR count). The Kier molecular flexibility index (Phi) is 5.48. The number of amides is 2. The summed E-state index contributed by atoms with van der Waals surface area (Å²) in [6.45, 7) is 4.57. The van der Waals surface area contributed by atoms with Crippen LogP contribution in [0.15, 0.2) is 18.6 Å². The van der Waals surface area contributed by atoms with E-state index in [1.54, 1.807) is 25.5 Å². The van der Waals surface area contributed by atoms with Crippen LogP contribution in [0.3, 0.4) is 0 Å². The molecule has 2 amide bonds. The SMILES string of the molecule is CCNC(=O)C(=O)NCC1CCN(c2cnccn2)CC1. The van der Waals surface area contributed by atoms with Crippen molar-refractivity contribution in [1.29, 1.82) is 0 Å². The fraction of sp³-hybridized carbons (Fsp3) is 0.571. The van der Waals surface area contributed by atoms with E-state index in [1.165, 1.54) is 0 Å². The van der Waals surface area contributed by atoms with Crippen LogP contribution in [-0.2, 0) is 9.59 Å². The summed E-state index contributed by atoms with van der Waals surface area (Å²) in [7, 11) is 0. The summed E-state index contributed by atoms with van der Waals surface area (Å²) in [5.74, 6) is 0.182. The van der Waals surface area contributed by atoms with Crippen molar-refractivity contribution in [3.8, 4) is 0 Å². The number of rotatable bonds is 4. The van der Waals surface area contributed by atoms with Crippen LogP contribution >= 0.6 is 0 Å². The van der Waals surface area contributed by atoms with Gasteiger partial charge in [-0.15, -0.1) is 0 Å². The molecule has 0 atom stereocenters. The third kappa shape index (κ3) is 4.40. The predicted octanol–water partition coefficient (Wildman–Crippen LogP) is -0.0547. The van der Waals surface area contributed by atoms with Gasteiger partial charge in [-0.1, -0.05) is 0 Å². The van der Waals surface area contributed by atoms with Gasteiger partial charge in [-0.05, 0) is 25.7 Å². The average molecular weight is 291 g/mol. The van der Waals surface area contributed by atoms with Gasteiger partial charge >= 0.3 is 11.8 Å². The zero-order chi connectivity index (χ0) is 15.1. The summed E-state index contributed by atoms with van der Waals surface area (Å²) < 4.78 is 0. The first kappa shape index (κ1) is 15.2. The van der Waals surface area contributed by atoms with Crippen molar-refractivity contribution >= 4 is 17.6 Å². The fourth-order valence-corrected chi connectivity index (χ4v) is 2.38. The number of piperidine rings is 1. The molecule has 0 aliphatic carbocycles. The average Bonchev–Trinajstić information content (AvgIpc) is 2.54. The second-order valence-electron chi connectivity index (χ2n) is 5.06. The highest BCUT2D eigenvalue weighted by atomic mass is 16.2. The predicted molar refractivity (Wildman–Crippen MR) is 78.7 cm³/mol. The number of aromatic nitrogens is 2. The molecule has 0 saturated carbocycles. The van der Waals surface area contributed by atoms with Gasteiger partial charge in [-0.3, -0.25) is 14.6 Å². The van der Waals surface area contributed by atoms with E-state index in [0.29, 0.717) is 19.0 Å². The van der Waals surface area contributed by atoms with Gasteiger partial charge in [-0.25, -0.2) is 4.98 Å². The minimum atomic E-state index is -0.561. The standard InChI is InChI=1S/C14H21N5O2/c1-2-16-13(20)14(21)18-9-11-3-7-19(8-4-11)12-10-15-5-6-17-12/h5-6,10-11H,2-4,7-9H2,1H3,(H,16,20)(H,18,21). The van der Waals surface area contributed by atoms with Gasteiger partial charge in [0, 0.05) is 38.6 Å². The Labute approximate surface area is 124 Å². The second-order valence-corrected chi connectivity index (χ2v) is 5.06. The molecule has 0 radical (unpaired) electrons. The van der Waals surface area contributed by atoms with Crippen molar-refractivity contribution in [3.05, 3.63) is 18.6 Å². The molecule has 0 aromatic carbocycles. The van der Waals surface area contributed by atoms with E-state index in [-0.39, 0.29) is 0 Å². The molecule has 1 aliphatic rings. The zero-order valence-corrected chi connectivity index (χ0v) is 12.2. The zero-order valence-electron chi connectivity index (χ0n) is 12.2. The number of carbonyl (C=O) groups excluding carboxylic acids is 2. The van der Waals surface area contributed by atoms with Gasteiger partial charge in [0.15, 0.2) is 0 Å². The normalized spacial score (nSPS) is 15.6. The van der Waals surface area contributed by atoms with Gasteiger partial charge < -0.3 is 15.5 Å². The molecular formula is C14H21N5O2. The van der Waals surface area contributed by atoms with Crippen LogP contribution in [0.25, 0.3) is 0 Å². The monoisotopic (exact) mass is 291 g/mol. The van der Waals surface area contributed by atoms with E-state index in [9.17, 15) is 9.59 Å². The minimum absolute atomic E-state index is 0.399. The Hall–Kier alpha value is -2.18. The van der Waals surface area contributed by atoms with Crippen molar-refractivity contribution < 1.29 is 9.59 Å². The molecule has 0 unspecified atom stereocenters. The molecule has 1 saturated heterocycles. The molecule has 0 spiro atoms. The molecule has 7 heteroatoms. The number of carbonyl (C=O) groups is 2. The topological polar surface area (TPSA) is 87.2 Å². The largest absolute Gasteiger partial charge is 0.355 e. The molecule has 1 aromatic rings. The lowest BCUT2D eigenvalue weighted by Crippen LogP contribution is -2.43. The number of hydrogen-bond acceptors (Lipinski definition) is 5. The first-order valence-corrected chi connectivity index (χ1v) is 7.27. The Morgan fingerprint density at radius 3 is 2.57 bits per heavy atom. The lowest BCUT2D eigenvalue weighted by molar-refractivity contribution is -0.139. The first-order chi connectivity index (χ1) is 10.2. The maximum Gasteiger partial charge on any atom is 0.309 e. The third-order valence-electron chi connectivity index (χ3n) is 3.58. The number of anilines is 1. The summed E-state index contributed by atoms with van der Waals surface area (Å²) >= 11 is 0. The summed E-state index contributed by atoms with van der Waals surface area (Å²) in [6, 6.07) is 0. The van der Waals surface area contributed by atoms with Gasteiger partial charge in [-0.2, -0.15) is 0 Å². The van der Waals surface area contributed by atoms with E-state index >= 15 is 0 Å². The van der Waals surface area contributed by atoms with Gasteiger partial charge in [0.05, 0.1) is 6.20 Å². The summed E-state index contributed by atoms with van der Waals surface area (Å²) in [4.78, 5) is 33.4. The molecule has 2 heterocycles. The Morgan fingerprint density at radius 2 is 1.95 bits per heavy atom. The van der Waals surface area contributed by atoms with Gasteiger partial charge in [0.2, 0.25) is 0 Å². The van der Waals surface area contributed by atoms with E-state index in [2.05, 4.69) is 25.5 Å². The lowest BCUT2D eigenvalue weighted by Gasteiger charge is -2.32. The second kappa shape index (κ2) is 7.56. The molecule has 1 aliphatic heterocycles. The van der Waals surface area contributed by atoms with E-state index in [4.69, 9.17) is 0 Å². The lowest BCUT2D eigenvalue weighted by atomic mass is 9.97. The maximum absolute atomic E-state index is 11.5. The molecule has 7 nitrogen and oxygen atoms in total. The van der Waals surface area contributed by atoms with Crippen molar-refractivity contribution in [2.24, 2.45) is 5.92 Å². The molecule has 1 aromatic heterocycles. The Balaban J connectivity index is 1.72. The smallest absolute Gasteiger partial charge is 0.309 e. The van der Waals surface area contributed by atoms with Gasteiger partial charge in [0.1, 0.15) is 5.82 Å². The summed E-state index contributed by atoms with van der Waals surface area (Å²) in [6.07, 6.45) is 7.04. The highest BCUT2D eigenvalue weighted by Gasteiger charge is 2.21. The Morgan fingerprint density at radius 1 is 1.24 bits per heavy atom. The van der Waals surface area contributed by atoms with Crippen LogP contribution in [0.5, 0.6) is 0 Å². The van der Waals surface area contributed by atoms with Crippen LogP contribution in [0.4, 0.5) is 5.82 Å². The minimum Gasteiger partial charge on any atom is -0.355 e.